The summed E-state index contributed by atoms with van der Waals surface area (Å²) in [6, 6.07) is 13.6. The molecule has 0 spiro atoms. The van der Waals surface area contributed by atoms with E-state index in [-0.39, 0.29) is 12.5 Å². The van der Waals surface area contributed by atoms with Crippen LogP contribution >= 0.6 is 0 Å². The molecule has 1 N–H and O–H groups in total. The van der Waals surface area contributed by atoms with Gasteiger partial charge in [-0.3, -0.25) is 4.79 Å². The molecule has 104 valence electrons. The summed E-state index contributed by atoms with van der Waals surface area (Å²) < 4.78 is 5.58. The monoisotopic (exact) mass is 269 g/mol. The Balaban J connectivity index is 1.96. The van der Waals surface area contributed by atoms with Crippen molar-refractivity contribution in [3.63, 3.8) is 0 Å². The van der Waals surface area contributed by atoms with Crippen LogP contribution in [0.4, 0.5) is 5.69 Å². The van der Waals surface area contributed by atoms with Gasteiger partial charge < -0.3 is 10.1 Å². The van der Waals surface area contributed by atoms with Gasteiger partial charge in [0.2, 0.25) is 0 Å². The second kappa shape index (κ2) is 6.24. The fraction of sp³-hybridized carbons (Fsp3) is 0.235. The van der Waals surface area contributed by atoms with Crippen LogP contribution in [-0.2, 0) is 4.79 Å². The minimum Gasteiger partial charge on any atom is -0.483 e. The van der Waals surface area contributed by atoms with Gasteiger partial charge in [0.25, 0.3) is 5.91 Å². The lowest BCUT2D eigenvalue weighted by Crippen LogP contribution is -2.20. The van der Waals surface area contributed by atoms with Gasteiger partial charge in [0.1, 0.15) is 5.75 Å². The van der Waals surface area contributed by atoms with E-state index in [4.69, 9.17) is 4.74 Å². The van der Waals surface area contributed by atoms with Gasteiger partial charge in [-0.2, -0.15) is 0 Å². The first-order chi connectivity index (χ1) is 9.56. The molecule has 0 aliphatic rings. The molecule has 0 aromatic heterocycles. The van der Waals surface area contributed by atoms with Crippen LogP contribution in [0.2, 0.25) is 0 Å². The van der Waals surface area contributed by atoms with Gasteiger partial charge in [-0.05, 0) is 49.6 Å². The van der Waals surface area contributed by atoms with Crippen molar-refractivity contribution in [3.8, 4) is 5.75 Å². The summed E-state index contributed by atoms with van der Waals surface area (Å²) in [5.74, 6) is 0.602. The fourth-order valence-electron chi connectivity index (χ4n) is 1.91. The Morgan fingerprint density at radius 3 is 2.55 bits per heavy atom. The van der Waals surface area contributed by atoms with Crippen LogP contribution in [0.3, 0.4) is 0 Å². The Labute approximate surface area is 119 Å². The van der Waals surface area contributed by atoms with Crippen molar-refractivity contribution in [1.82, 2.24) is 0 Å². The number of anilines is 1. The van der Waals surface area contributed by atoms with E-state index in [0.717, 1.165) is 28.1 Å². The zero-order valence-corrected chi connectivity index (χ0v) is 12.1. The molecule has 0 atom stereocenters. The van der Waals surface area contributed by atoms with E-state index in [9.17, 15) is 4.79 Å². The van der Waals surface area contributed by atoms with Crippen molar-refractivity contribution in [1.29, 1.82) is 0 Å². The number of para-hydroxylation sites is 1. The zero-order chi connectivity index (χ0) is 14.5. The predicted molar refractivity (Wildman–Crippen MR) is 81.2 cm³/mol. The van der Waals surface area contributed by atoms with Crippen LogP contribution in [0.15, 0.2) is 42.5 Å². The van der Waals surface area contributed by atoms with Crippen molar-refractivity contribution >= 4 is 11.6 Å². The summed E-state index contributed by atoms with van der Waals surface area (Å²) in [6.45, 7) is 5.94. The molecule has 0 radical (unpaired) electrons. The number of hydrogen-bond acceptors (Lipinski definition) is 2. The molecule has 0 saturated carbocycles. The molecule has 0 aliphatic heterocycles. The highest BCUT2D eigenvalue weighted by Crippen LogP contribution is 2.19. The van der Waals surface area contributed by atoms with Crippen LogP contribution in [-0.4, -0.2) is 12.5 Å². The minimum atomic E-state index is -0.153. The fourth-order valence-corrected chi connectivity index (χ4v) is 1.91. The van der Waals surface area contributed by atoms with Crippen LogP contribution in [0.5, 0.6) is 5.75 Å². The first-order valence-electron chi connectivity index (χ1n) is 6.62. The zero-order valence-electron chi connectivity index (χ0n) is 12.1. The first kappa shape index (κ1) is 14.1. The number of ether oxygens (including phenoxy) is 1. The van der Waals surface area contributed by atoms with E-state index >= 15 is 0 Å². The highest BCUT2D eigenvalue weighted by molar-refractivity contribution is 5.92. The van der Waals surface area contributed by atoms with Gasteiger partial charge in [-0.25, -0.2) is 0 Å². The highest BCUT2D eigenvalue weighted by atomic mass is 16.5. The SMILES string of the molecule is Cc1ccc(C)c(OCC(=O)Nc2ccccc2C)c1. The largest absolute Gasteiger partial charge is 0.483 e. The topological polar surface area (TPSA) is 38.3 Å². The van der Waals surface area contributed by atoms with Crippen molar-refractivity contribution < 1.29 is 9.53 Å². The Morgan fingerprint density at radius 2 is 1.80 bits per heavy atom. The third-order valence-electron chi connectivity index (χ3n) is 3.12. The maximum Gasteiger partial charge on any atom is 0.262 e. The number of amides is 1. The third kappa shape index (κ3) is 3.60. The molecular weight excluding hydrogens is 250 g/mol. The van der Waals surface area contributed by atoms with Crippen molar-refractivity contribution in [3.05, 3.63) is 59.2 Å². The Morgan fingerprint density at radius 1 is 1.05 bits per heavy atom. The number of nitrogens with one attached hydrogen (secondary N) is 1. The normalized spacial score (nSPS) is 10.2. The van der Waals surface area contributed by atoms with Crippen LogP contribution in [0, 0.1) is 20.8 Å². The van der Waals surface area contributed by atoms with Gasteiger partial charge in [-0.1, -0.05) is 30.3 Å². The summed E-state index contributed by atoms with van der Waals surface area (Å²) in [4.78, 5) is 11.9. The number of aryl methyl sites for hydroxylation is 3. The van der Waals surface area contributed by atoms with Gasteiger partial charge >= 0.3 is 0 Å². The van der Waals surface area contributed by atoms with Crippen molar-refractivity contribution in [2.24, 2.45) is 0 Å². The maximum absolute atomic E-state index is 11.9. The summed E-state index contributed by atoms with van der Waals surface area (Å²) in [5, 5.41) is 2.85. The third-order valence-corrected chi connectivity index (χ3v) is 3.12. The second-order valence-corrected chi connectivity index (χ2v) is 4.92. The molecular formula is C17H19NO2. The quantitative estimate of drug-likeness (QED) is 0.920. The molecule has 0 fully saturated rings. The van der Waals surface area contributed by atoms with Crippen molar-refractivity contribution in [2.75, 3.05) is 11.9 Å². The number of benzene rings is 2. The Kier molecular flexibility index (Phi) is 4.41. The minimum absolute atomic E-state index is 0.0125. The molecule has 20 heavy (non-hydrogen) atoms. The van der Waals surface area contributed by atoms with Gasteiger partial charge in [0.15, 0.2) is 6.61 Å². The van der Waals surface area contributed by atoms with E-state index in [1.807, 2.05) is 63.2 Å². The van der Waals surface area contributed by atoms with E-state index in [1.54, 1.807) is 0 Å². The lowest BCUT2D eigenvalue weighted by molar-refractivity contribution is -0.118. The van der Waals surface area contributed by atoms with Gasteiger partial charge in [0, 0.05) is 5.69 Å². The number of hydrogen-bond donors (Lipinski definition) is 1. The Bertz CT molecular complexity index is 620. The molecule has 0 bridgehead atoms. The van der Waals surface area contributed by atoms with E-state index in [2.05, 4.69) is 5.32 Å². The van der Waals surface area contributed by atoms with E-state index in [0.29, 0.717) is 0 Å². The van der Waals surface area contributed by atoms with Crippen LogP contribution in [0.25, 0.3) is 0 Å². The average Bonchev–Trinajstić information content (AvgIpc) is 2.42. The predicted octanol–water partition coefficient (Wildman–Crippen LogP) is 3.63. The molecule has 0 heterocycles. The van der Waals surface area contributed by atoms with E-state index in [1.165, 1.54) is 0 Å². The lowest BCUT2D eigenvalue weighted by Gasteiger charge is -2.11. The molecule has 0 unspecified atom stereocenters. The molecule has 2 aromatic rings. The molecule has 2 aromatic carbocycles. The summed E-state index contributed by atoms with van der Waals surface area (Å²) in [7, 11) is 0. The molecule has 3 nitrogen and oxygen atoms in total. The molecule has 0 aliphatic carbocycles. The molecule has 2 rings (SSSR count). The first-order valence-corrected chi connectivity index (χ1v) is 6.62. The summed E-state index contributed by atoms with van der Waals surface area (Å²) in [5.41, 5.74) is 4.00. The Hall–Kier alpha value is -2.29. The maximum atomic E-state index is 11.9. The highest BCUT2D eigenvalue weighted by Gasteiger charge is 2.06. The standard InChI is InChI=1S/C17H19NO2/c1-12-8-9-14(3)16(10-12)20-11-17(19)18-15-7-5-4-6-13(15)2/h4-10H,11H2,1-3H3,(H,18,19). The molecule has 3 heteroatoms. The molecule has 1 amide bonds. The number of rotatable bonds is 4. The second-order valence-electron chi connectivity index (χ2n) is 4.92. The van der Waals surface area contributed by atoms with Gasteiger partial charge in [-0.15, -0.1) is 0 Å². The lowest BCUT2D eigenvalue weighted by atomic mass is 10.1. The van der Waals surface area contributed by atoms with Gasteiger partial charge in [0.05, 0.1) is 0 Å². The smallest absolute Gasteiger partial charge is 0.262 e. The van der Waals surface area contributed by atoms with Crippen molar-refractivity contribution in [2.45, 2.75) is 20.8 Å². The summed E-state index contributed by atoms with van der Waals surface area (Å²) in [6.07, 6.45) is 0. The van der Waals surface area contributed by atoms with Crippen LogP contribution in [0.1, 0.15) is 16.7 Å². The van der Waals surface area contributed by atoms with Crippen LogP contribution < -0.4 is 10.1 Å². The number of carbonyl (C=O) groups excluding carboxylic acids is 1. The molecule has 0 saturated heterocycles. The average molecular weight is 269 g/mol. The summed E-state index contributed by atoms with van der Waals surface area (Å²) >= 11 is 0. The van der Waals surface area contributed by atoms with E-state index < -0.39 is 0 Å². The number of carbonyl (C=O) groups is 1.